The number of carbonyl (C=O) groups excluding carboxylic acids is 1. The molecule has 1 fully saturated rings. The monoisotopic (exact) mass is 425 g/mol. The van der Waals surface area contributed by atoms with Gasteiger partial charge in [0.1, 0.15) is 11.5 Å². The van der Waals surface area contributed by atoms with E-state index < -0.39 is 0 Å². The molecule has 2 aromatic carbocycles. The average molecular weight is 426 g/mol. The van der Waals surface area contributed by atoms with Crippen molar-refractivity contribution in [2.45, 2.75) is 0 Å². The van der Waals surface area contributed by atoms with Crippen molar-refractivity contribution in [1.29, 1.82) is 0 Å². The molecule has 1 amide bonds. The van der Waals surface area contributed by atoms with Crippen LogP contribution in [0.5, 0.6) is 11.5 Å². The molecule has 4 nitrogen and oxygen atoms in total. The van der Waals surface area contributed by atoms with Gasteiger partial charge in [-0.15, -0.1) is 0 Å². The van der Waals surface area contributed by atoms with Crippen LogP contribution >= 0.6 is 47.2 Å². The number of amides is 1. The van der Waals surface area contributed by atoms with Gasteiger partial charge in [0, 0.05) is 15.6 Å². The molecule has 0 aromatic heterocycles. The lowest BCUT2D eigenvalue weighted by Crippen LogP contribution is -2.27. The molecule has 134 valence electrons. The largest absolute Gasteiger partial charge is 0.497 e. The summed E-state index contributed by atoms with van der Waals surface area (Å²) in [4.78, 5) is 14.8. The predicted octanol–water partition coefficient (Wildman–Crippen LogP) is 5.42. The summed E-state index contributed by atoms with van der Waals surface area (Å²) < 4.78 is 11.0. The molecule has 0 aliphatic carbocycles. The highest BCUT2D eigenvalue weighted by Crippen LogP contribution is 2.39. The summed E-state index contributed by atoms with van der Waals surface area (Å²) >= 11 is 18.7. The van der Waals surface area contributed by atoms with Crippen LogP contribution in [-0.2, 0) is 4.79 Å². The van der Waals surface area contributed by atoms with E-state index in [1.807, 2.05) is 0 Å². The molecule has 1 aliphatic rings. The normalized spacial score (nSPS) is 15.7. The standard InChI is InChI=1S/C18H13Cl2NO3S2/c1-23-14-3-4-15(24-2)10(5-14)6-16-17(22)21(18(25)26-16)13-8-11(19)7-12(20)9-13/h3-9H,1-2H3. The number of benzene rings is 2. The van der Waals surface area contributed by atoms with Gasteiger partial charge in [-0.3, -0.25) is 9.69 Å². The Hall–Kier alpha value is -1.73. The smallest absolute Gasteiger partial charge is 0.270 e. The zero-order valence-corrected chi connectivity index (χ0v) is 16.9. The van der Waals surface area contributed by atoms with E-state index in [1.54, 1.807) is 56.7 Å². The molecule has 0 saturated carbocycles. The van der Waals surface area contributed by atoms with Gasteiger partial charge in [0.05, 0.1) is 24.8 Å². The van der Waals surface area contributed by atoms with Crippen molar-refractivity contribution in [2.75, 3.05) is 19.1 Å². The van der Waals surface area contributed by atoms with Gasteiger partial charge < -0.3 is 9.47 Å². The first kappa shape index (κ1) is 19.0. The van der Waals surface area contributed by atoms with Crippen LogP contribution in [0.15, 0.2) is 41.3 Å². The fourth-order valence-electron chi connectivity index (χ4n) is 2.45. The zero-order valence-electron chi connectivity index (χ0n) is 13.8. The molecule has 0 N–H and O–H groups in total. The van der Waals surface area contributed by atoms with Crippen LogP contribution in [0.4, 0.5) is 5.69 Å². The third kappa shape index (κ3) is 3.83. The Morgan fingerprint density at radius 2 is 1.77 bits per heavy atom. The van der Waals surface area contributed by atoms with Gasteiger partial charge in [0.2, 0.25) is 0 Å². The first-order valence-electron chi connectivity index (χ1n) is 7.39. The van der Waals surface area contributed by atoms with E-state index in [1.165, 1.54) is 16.7 Å². The first-order chi connectivity index (χ1) is 12.4. The van der Waals surface area contributed by atoms with Crippen molar-refractivity contribution in [2.24, 2.45) is 0 Å². The number of carbonyl (C=O) groups is 1. The molecular formula is C18H13Cl2NO3S2. The van der Waals surface area contributed by atoms with E-state index in [9.17, 15) is 4.79 Å². The molecular weight excluding hydrogens is 413 g/mol. The molecule has 26 heavy (non-hydrogen) atoms. The molecule has 0 bridgehead atoms. The van der Waals surface area contributed by atoms with Crippen molar-refractivity contribution < 1.29 is 14.3 Å². The number of hydrogen-bond donors (Lipinski definition) is 0. The van der Waals surface area contributed by atoms with E-state index in [2.05, 4.69) is 0 Å². The van der Waals surface area contributed by atoms with Crippen LogP contribution in [0.25, 0.3) is 6.08 Å². The Kier molecular flexibility index (Phi) is 5.77. The first-order valence-corrected chi connectivity index (χ1v) is 9.37. The molecule has 1 heterocycles. The van der Waals surface area contributed by atoms with E-state index in [0.717, 1.165) is 5.56 Å². The number of thiocarbonyl (C=S) groups is 1. The Morgan fingerprint density at radius 3 is 2.38 bits per heavy atom. The number of anilines is 1. The van der Waals surface area contributed by atoms with Crippen molar-refractivity contribution in [3.63, 3.8) is 0 Å². The lowest BCUT2D eigenvalue weighted by Gasteiger charge is -2.15. The minimum atomic E-state index is -0.247. The number of methoxy groups -OCH3 is 2. The van der Waals surface area contributed by atoms with Crippen LogP contribution in [0.2, 0.25) is 10.0 Å². The zero-order chi connectivity index (χ0) is 18.8. The molecule has 1 saturated heterocycles. The van der Waals surface area contributed by atoms with Crippen LogP contribution in [0.1, 0.15) is 5.56 Å². The van der Waals surface area contributed by atoms with Gasteiger partial charge in [-0.25, -0.2) is 0 Å². The lowest BCUT2D eigenvalue weighted by atomic mass is 10.1. The number of ether oxygens (including phenoxy) is 2. The van der Waals surface area contributed by atoms with E-state index in [-0.39, 0.29) is 5.91 Å². The topological polar surface area (TPSA) is 38.8 Å². The second-order valence-electron chi connectivity index (χ2n) is 5.25. The highest BCUT2D eigenvalue weighted by Gasteiger charge is 2.33. The molecule has 0 atom stereocenters. The summed E-state index contributed by atoms with van der Waals surface area (Å²) in [5.41, 5.74) is 1.25. The van der Waals surface area contributed by atoms with Gasteiger partial charge in [0.15, 0.2) is 4.32 Å². The molecule has 3 rings (SSSR count). The number of rotatable bonds is 4. The summed E-state index contributed by atoms with van der Waals surface area (Å²) in [5.74, 6) is 1.04. The summed E-state index contributed by atoms with van der Waals surface area (Å²) in [6, 6.07) is 10.3. The Balaban J connectivity index is 2.00. The maximum absolute atomic E-state index is 12.9. The van der Waals surface area contributed by atoms with Gasteiger partial charge >= 0.3 is 0 Å². The second-order valence-corrected chi connectivity index (χ2v) is 7.80. The summed E-state index contributed by atoms with van der Waals surface area (Å²) in [5, 5.41) is 0.861. The summed E-state index contributed by atoms with van der Waals surface area (Å²) in [6.45, 7) is 0. The van der Waals surface area contributed by atoms with Crippen LogP contribution < -0.4 is 14.4 Å². The second kappa shape index (κ2) is 7.88. The van der Waals surface area contributed by atoms with Crippen molar-refractivity contribution in [1.82, 2.24) is 0 Å². The Labute approximate surface area is 170 Å². The molecule has 0 radical (unpaired) electrons. The van der Waals surface area contributed by atoms with E-state index in [4.69, 9.17) is 44.9 Å². The Morgan fingerprint density at radius 1 is 1.08 bits per heavy atom. The minimum absolute atomic E-state index is 0.247. The molecule has 2 aromatic rings. The highest BCUT2D eigenvalue weighted by atomic mass is 35.5. The predicted molar refractivity (Wildman–Crippen MR) is 112 cm³/mol. The summed E-state index contributed by atoms with van der Waals surface area (Å²) in [6.07, 6.45) is 1.73. The maximum Gasteiger partial charge on any atom is 0.270 e. The van der Waals surface area contributed by atoms with Gasteiger partial charge in [-0.1, -0.05) is 47.2 Å². The molecule has 0 unspecified atom stereocenters. The van der Waals surface area contributed by atoms with Gasteiger partial charge in [0.25, 0.3) is 5.91 Å². The van der Waals surface area contributed by atoms with Crippen molar-refractivity contribution >= 4 is 69.2 Å². The number of thioether (sulfide) groups is 1. The number of halogens is 2. The fourth-order valence-corrected chi connectivity index (χ4v) is 4.26. The molecule has 1 aliphatic heterocycles. The van der Waals surface area contributed by atoms with E-state index >= 15 is 0 Å². The quantitative estimate of drug-likeness (QED) is 0.483. The maximum atomic E-state index is 12.9. The van der Waals surface area contributed by atoms with Gasteiger partial charge in [-0.05, 0) is 42.5 Å². The van der Waals surface area contributed by atoms with Crippen LogP contribution in [0.3, 0.4) is 0 Å². The molecule has 8 heteroatoms. The van der Waals surface area contributed by atoms with Crippen LogP contribution in [0, 0.1) is 0 Å². The third-order valence-corrected chi connectivity index (χ3v) is 5.36. The van der Waals surface area contributed by atoms with Crippen molar-refractivity contribution in [3.05, 3.63) is 56.9 Å². The Bertz CT molecular complexity index is 910. The van der Waals surface area contributed by atoms with E-state index in [0.29, 0.717) is 36.5 Å². The van der Waals surface area contributed by atoms with Gasteiger partial charge in [-0.2, -0.15) is 0 Å². The lowest BCUT2D eigenvalue weighted by molar-refractivity contribution is -0.113. The summed E-state index contributed by atoms with van der Waals surface area (Å²) in [7, 11) is 3.15. The fraction of sp³-hybridized carbons (Fsp3) is 0.111. The highest BCUT2D eigenvalue weighted by molar-refractivity contribution is 8.27. The van der Waals surface area contributed by atoms with Crippen molar-refractivity contribution in [3.8, 4) is 11.5 Å². The number of nitrogens with zero attached hydrogens (tertiary/aromatic N) is 1. The average Bonchev–Trinajstić information content (AvgIpc) is 2.87. The third-order valence-electron chi connectivity index (χ3n) is 3.62. The molecule has 0 spiro atoms. The minimum Gasteiger partial charge on any atom is -0.497 e. The number of hydrogen-bond acceptors (Lipinski definition) is 5. The SMILES string of the molecule is COc1ccc(OC)c(C=C2SC(=S)N(c3cc(Cl)cc(Cl)c3)C2=O)c1. The van der Waals surface area contributed by atoms with Crippen LogP contribution in [-0.4, -0.2) is 24.4 Å².